The molecule has 3 amide bonds. The molecule has 0 atom stereocenters. The highest BCUT2D eigenvalue weighted by Crippen LogP contribution is 2.25. The monoisotopic (exact) mass is 210 g/mol. The maximum Gasteiger partial charge on any atom is 0.345 e. The molecule has 0 bridgehead atoms. The quantitative estimate of drug-likeness (QED) is 0.657. The van der Waals surface area contributed by atoms with Crippen molar-refractivity contribution in [1.29, 1.82) is 0 Å². The van der Waals surface area contributed by atoms with Crippen LogP contribution >= 0.6 is 0 Å². The number of nitrogens with zero attached hydrogens (tertiary/aromatic N) is 2. The first-order valence-corrected chi connectivity index (χ1v) is 5.47. The SMILES string of the molecule is CCCN1CCC2(CC1)NC(=O)[N]C2=O. The molecule has 0 saturated carbocycles. The van der Waals surface area contributed by atoms with Gasteiger partial charge in [-0.25, -0.2) is 4.79 Å². The van der Waals surface area contributed by atoms with E-state index in [1.807, 2.05) is 0 Å². The molecule has 83 valence electrons. The predicted molar refractivity (Wildman–Crippen MR) is 54.4 cm³/mol. The summed E-state index contributed by atoms with van der Waals surface area (Å²) in [6, 6.07) is -0.469. The number of amides is 3. The molecule has 1 spiro atoms. The van der Waals surface area contributed by atoms with Crippen molar-refractivity contribution < 1.29 is 9.59 Å². The molecule has 2 fully saturated rings. The lowest BCUT2D eigenvalue weighted by Crippen LogP contribution is -2.54. The van der Waals surface area contributed by atoms with E-state index in [-0.39, 0.29) is 5.91 Å². The van der Waals surface area contributed by atoms with Gasteiger partial charge in [0, 0.05) is 13.1 Å². The minimum absolute atomic E-state index is 0.274. The van der Waals surface area contributed by atoms with Gasteiger partial charge in [0.05, 0.1) is 0 Å². The average molecular weight is 210 g/mol. The molecule has 2 aliphatic rings. The van der Waals surface area contributed by atoms with Crippen LogP contribution in [0.2, 0.25) is 0 Å². The first-order chi connectivity index (χ1) is 7.16. The second-order valence-corrected chi connectivity index (χ2v) is 4.27. The molecule has 1 N–H and O–H groups in total. The summed E-state index contributed by atoms with van der Waals surface area (Å²) in [4.78, 5) is 24.9. The molecule has 2 aliphatic heterocycles. The standard InChI is InChI=1S/C10H16N3O2/c1-2-5-13-6-3-10(4-7-13)8(14)11-9(15)12-10/h2-7H2,1H3,(H,12,15). The Morgan fingerprint density at radius 2 is 2.07 bits per heavy atom. The van der Waals surface area contributed by atoms with Crippen molar-refractivity contribution >= 4 is 11.9 Å². The Kier molecular flexibility index (Phi) is 2.65. The van der Waals surface area contributed by atoms with Gasteiger partial charge in [0.1, 0.15) is 5.54 Å². The smallest absolute Gasteiger partial charge is 0.321 e. The molecule has 5 heteroatoms. The van der Waals surface area contributed by atoms with E-state index < -0.39 is 11.6 Å². The molecular formula is C10H16N3O2. The van der Waals surface area contributed by atoms with Crippen LogP contribution < -0.4 is 10.6 Å². The zero-order valence-corrected chi connectivity index (χ0v) is 8.95. The van der Waals surface area contributed by atoms with Crippen molar-refractivity contribution in [2.45, 2.75) is 31.7 Å². The minimum atomic E-state index is -0.665. The minimum Gasteiger partial charge on any atom is -0.321 e. The first kappa shape index (κ1) is 10.4. The molecule has 0 unspecified atom stereocenters. The van der Waals surface area contributed by atoms with E-state index in [2.05, 4.69) is 22.5 Å². The van der Waals surface area contributed by atoms with Gasteiger partial charge in [-0.2, -0.15) is 5.32 Å². The lowest BCUT2D eigenvalue weighted by molar-refractivity contribution is -0.125. The molecule has 15 heavy (non-hydrogen) atoms. The molecule has 2 heterocycles. The van der Waals surface area contributed by atoms with Gasteiger partial charge in [-0.1, -0.05) is 6.92 Å². The van der Waals surface area contributed by atoms with E-state index in [4.69, 9.17) is 0 Å². The van der Waals surface area contributed by atoms with Crippen molar-refractivity contribution in [3.8, 4) is 0 Å². The van der Waals surface area contributed by atoms with Crippen molar-refractivity contribution in [2.24, 2.45) is 0 Å². The van der Waals surface area contributed by atoms with Crippen LogP contribution in [0.25, 0.3) is 0 Å². The van der Waals surface area contributed by atoms with Crippen LogP contribution in [0.4, 0.5) is 4.79 Å². The van der Waals surface area contributed by atoms with E-state index >= 15 is 0 Å². The summed E-state index contributed by atoms with van der Waals surface area (Å²) < 4.78 is 0. The fourth-order valence-corrected chi connectivity index (χ4v) is 2.30. The van der Waals surface area contributed by atoms with Crippen LogP contribution in [0.1, 0.15) is 26.2 Å². The van der Waals surface area contributed by atoms with Crippen LogP contribution in [-0.2, 0) is 4.79 Å². The highest BCUT2D eigenvalue weighted by atomic mass is 16.2. The van der Waals surface area contributed by atoms with Gasteiger partial charge < -0.3 is 10.2 Å². The third kappa shape index (κ3) is 1.84. The van der Waals surface area contributed by atoms with Crippen LogP contribution in [0.5, 0.6) is 0 Å². The summed E-state index contributed by atoms with van der Waals surface area (Å²) in [5.74, 6) is -0.274. The Hall–Kier alpha value is -1.10. The predicted octanol–water partition coefficient (Wildman–Crippen LogP) is 0.0852. The number of likely N-dealkylation sites (tertiary alicyclic amines) is 1. The third-order valence-electron chi connectivity index (χ3n) is 3.21. The van der Waals surface area contributed by atoms with E-state index in [0.29, 0.717) is 12.8 Å². The average Bonchev–Trinajstić information content (AvgIpc) is 2.47. The zero-order chi connectivity index (χ0) is 10.9. The topological polar surface area (TPSA) is 63.5 Å². The number of rotatable bonds is 2. The summed E-state index contributed by atoms with van der Waals surface area (Å²) in [5, 5.41) is 6.13. The zero-order valence-electron chi connectivity index (χ0n) is 8.95. The summed E-state index contributed by atoms with van der Waals surface area (Å²) in [6.45, 7) is 4.95. The number of carbonyl (C=O) groups excluding carboxylic acids is 2. The van der Waals surface area contributed by atoms with Gasteiger partial charge in [0.25, 0.3) is 5.91 Å². The summed E-state index contributed by atoms with van der Waals surface area (Å²) in [6.07, 6.45) is 2.51. The number of imide groups is 1. The number of hydrogen-bond donors (Lipinski definition) is 1. The number of nitrogens with one attached hydrogen (secondary N) is 1. The fraction of sp³-hybridized carbons (Fsp3) is 0.800. The van der Waals surface area contributed by atoms with Crippen LogP contribution in [0.3, 0.4) is 0 Å². The van der Waals surface area contributed by atoms with Gasteiger partial charge in [0.2, 0.25) is 0 Å². The molecule has 0 aromatic rings. The first-order valence-electron chi connectivity index (χ1n) is 5.47. The molecule has 1 radical (unpaired) electrons. The van der Waals surface area contributed by atoms with Crippen LogP contribution in [0.15, 0.2) is 0 Å². The molecule has 5 nitrogen and oxygen atoms in total. The molecular weight excluding hydrogens is 194 g/mol. The highest BCUT2D eigenvalue weighted by molar-refractivity contribution is 6.06. The molecule has 0 aliphatic carbocycles. The Bertz CT molecular complexity index is 282. The number of urea groups is 1. The highest BCUT2D eigenvalue weighted by Gasteiger charge is 2.48. The number of carbonyl (C=O) groups is 2. The van der Waals surface area contributed by atoms with Gasteiger partial charge >= 0.3 is 6.03 Å². The lowest BCUT2D eigenvalue weighted by atomic mass is 9.88. The second kappa shape index (κ2) is 3.81. The summed E-state index contributed by atoms with van der Waals surface area (Å²) >= 11 is 0. The molecule has 0 aromatic carbocycles. The Labute approximate surface area is 89.2 Å². The number of hydrogen-bond acceptors (Lipinski definition) is 3. The second-order valence-electron chi connectivity index (χ2n) is 4.27. The van der Waals surface area contributed by atoms with Crippen molar-refractivity contribution in [3.63, 3.8) is 0 Å². The van der Waals surface area contributed by atoms with Crippen LogP contribution in [0, 0.1) is 0 Å². The van der Waals surface area contributed by atoms with Gasteiger partial charge in [-0.15, -0.1) is 0 Å². The fourth-order valence-electron chi connectivity index (χ4n) is 2.30. The van der Waals surface area contributed by atoms with Crippen molar-refractivity contribution in [1.82, 2.24) is 15.5 Å². The Morgan fingerprint density at radius 1 is 1.40 bits per heavy atom. The molecule has 0 aromatic heterocycles. The maximum absolute atomic E-state index is 11.6. The Morgan fingerprint density at radius 3 is 2.53 bits per heavy atom. The van der Waals surface area contributed by atoms with Gasteiger partial charge in [-0.05, 0) is 25.8 Å². The molecule has 2 saturated heterocycles. The lowest BCUT2D eigenvalue weighted by Gasteiger charge is -2.36. The largest absolute Gasteiger partial charge is 0.345 e. The maximum atomic E-state index is 11.6. The van der Waals surface area contributed by atoms with Crippen molar-refractivity contribution in [2.75, 3.05) is 19.6 Å². The van der Waals surface area contributed by atoms with E-state index in [0.717, 1.165) is 26.1 Å². The number of piperidine rings is 1. The van der Waals surface area contributed by atoms with Gasteiger partial charge in [-0.3, -0.25) is 4.79 Å². The summed E-state index contributed by atoms with van der Waals surface area (Å²) in [7, 11) is 0. The molecule has 2 rings (SSSR count). The summed E-state index contributed by atoms with van der Waals surface area (Å²) in [5.41, 5.74) is -0.665. The van der Waals surface area contributed by atoms with Crippen LogP contribution in [-0.4, -0.2) is 42.0 Å². The van der Waals surface area contributed by atoms with Gasteiger partial charge in [0.15, 0.2) is 0 Å². The van der Waals surface area contributed by atoms with E-state index in [1.165, 1.54) is 0 Å². The Balaban J connectivity index is 1.97. The van der Waals surface area contributed by atoms with E-state index in [1.54, 1.807) is 0 Å². The van der Waals surface area contributed by atoms with E-state index in [9.17, 15) is 9.59 Å². The normalized spacial score (nSPS) is 25.4. The van der Waals surface area contributed by atoms with Crippen molar-refractivity contribution in [3.05, 3.63) is 0 Å². The third-order valence-corrected chi connectivity index (χ3v) is 3.21.